The van der Waals surface area contributed by atoms with Gasteiger partial charge in [-0.1, -0.05) is 34.1 Å². The Morgan fingerprint density at radius 2 is 1.94 bits per heavy atom. The smallest absolute Gasteiger partial charge is 0.459 e. The van der Waals surface area contributed by atoms with Crippen LogP contribution < -0.4 is 20.9 Å². The number of carbonyl (C=O) groups excluding carboxylic acids is 1. The molecule has 2 aromatic rings. The standard InChI is InChI=1S/C21H28BrFN3O9P/c1-4-32-19(29)21(2,3)25-36(31,35-14-8-6-5-7-9-14)33-13-15(18(22)28)34-17(12-23)26-11-10-16(27)24-20(26)30/h5-11,15,17-18,28H,4,12-13H2,1-3H3,(H,25,31)(H,24,27,30)/t15-,17-,18-,36?/m1/s1. The van der Waals surface area contributed by atoms with E-state index >= 15 is 0 Å². The van der Waals surface area contributed by atoms with Gasteiger partial charge in [0.1, 0.15) is 29.1 Å². The third kappa shape index (κ3) is 8.64. The first-order chi connectivity index (χ1) is 16.9. The lowest BCUT2D eigenvalue weighted by atomic mass is 10.1. The SMILES string of the molecule is CCOC(=O)C(C)(C)NP(=O)(OC[C@@H](O[C@H](CF)n1ccc(=O)[nH]c1=O)[C@@H](O)Br)Oc1ccccc1. The van der Waals surface area contributed by atoms with Crippen molar-refractivity contribution in [2.45, 2.75) is 43.7 Å². The van der Waals surface area contributed by atoms with Crippen molar-refractivity contribution in [2.24, 2.45) is 0 Å². The summed E-state index contributed by atoms with van der Waals surface area (Å²) in [6.45, 7) is 2.65. The van der Waals surface area contributed by atoms with Crippen LogP contribution in [0.4, 0.5) is 4.39 Å². The minimum atomic E-state index is -4.35. The van der Waals surface area contributed by atoms with Crippen molar-refractivity contribution in [2.75, 3.05) is 19.9 Å². The van der Waals surface area contributed by atoms with Crippen molar-refractivity contribution in [3.05, 3.63) is 63.4 Å². The van der Waals surface area contributed by atoms with Gasteiger partial charge in [-0.3, -0.25) is 23.7 Å². The predicted molar refractivity (Wildman–Crippen MR) is 131 cm³/mol. The first-order valence-electron chi connectivity index (χ1n) is 10.7. The number of para-hydroxylation sites is 1. The van der Waals surface area contributed by atoms with Gasteiger partial charge in [-0.2, -0.15) is 5.09 Å². The molecule has 0 saturated heterocycles. The fourth-order valence-corrected chi connectivity index (χ4v) is 4.75. The van der Waals surface area contributed by atoms with E-state index in [1.54, 1.807) is 25.1 Å². The highest BCUT2D eigenvalue weighted by Gasteiger charge is 2.41. The Kier molecular flexibility index (Phi) is 11.0. The highest BCUT2D eigenvalue weighted by Crippen LogP contribution is 2.46. The van der Waals surface area contributed by atoms with Gasteiger partial charge in [-0.25, -0.2) is 13.8 Å². The van der Waals surface area contributed by atoms with Crippen LogP contribution in [0.1, 0.15) is 27.0 Å². The van der Waals surface area contributed by atoms with Gasteiger partial charge in [0.05, 0.1) is 13.2 Å². The number of carbonyl (C=O) groups is 1. The number of aliphatic hydroxyl groups excluding tert-OH is 1. The van der Waals surface area contributed by atoms with Gasteiger partial charge in [0.15, 0.2) is 6.23 Å². The van der Waals surface area contributed by atoms with Crippen LogP contribution in [0.25, 0.3) is 0 Å². The van der Waals surface area contributed by atoms with Crippen LogP contribution in [-0.4, -0.2) is 57.2 Å². The lowest BCUT2D eigenvalue weighted by molar-refractivity contribution is -0.149. The molecule has 0 radical (unpaired) electrons. The zero-order valence-corrected chi connectivity index (χ0v) is 22.2. The Morgan fingerprint density at radius 1 is 1.28 bits per heavy atom. The normalized spacial score (nSPS) is 15.9. The molecule has 0 spiro atoms. The number of nitrogens with one attached hydrogen (secondary N) is 2. The summed E-state index contributed by atoms with van der Waals surface area (Å²) in [4.78, 5) is 37.6. The molecular formula is C21H28BrFN3O9P. The highest BCUT2D eigenvalue weighted by atomic mass is 79.9. The van der Waals surface area contributed by atoms with Crippen LogP contribution in [-0.2, 0) is 23.4 Å². The lowest BCUT2D eigenvalue weighted by Crippen LogP contribution is -2.47. The Labute approximate surface area is 214 Å². The van der Waals surface area contributed by atoms with Crippen LogP contribution in [0.5, 0.6) is 5.75 Å². The fraction of sp³-hybridized carbons (Fsp3) is 0.476. The lowest BCUT2D eigenvalue weighted by Gasteiger charge is -2.31. The molecule has 0 aliphatic heterocycles. The summed E-state index contributed by atoms with van der Waals surface area (Å²) in [5.74, 6) is -0.583. The van der Waals surface area contributed by atoms with Crippen LogP contribution in [0, 0.1) is 0 Å². The molecule has 0 fully saturated rings. The van der Waals surface area contributed by atoms with Crippen LogP contribution in [0.2, 0.25) is 0 Å². The molecule has 36 heavy (non-hydrogen) atoms. The van der Waals surface area contributed by atoms with Crippen molar-refractivity contribution in [1.29, 1.82) is 0 Å². The summed E-state index contributed by atoms with van der Waals surface area (Å²) in [7, 11) is -4.35. The van der Waals surface area contributed by atoms with E-state index in [1.165, 1.54) is 26.0 Å². The molecule has 1 unspecified atom stereocenters. The number of H-pyrrole nitrogens is 1. The summed E-state index contributed by atoms with van der Waals surface area (Å²) < 4.78 is 49.7. The zero-order chi connectivity index (χ0) is 26.9. The number of aromatic amines is 1. The third-order valence-corrected chi connectivity index (χ3v) is 6.87. The molecule has 0 bridgehead atoms. The number of nitrogens with zero attached hydrogens (tertiary/aromatic N) is 1. The molecule has 15 heteroatoms. The molecule has 1 heterocycles. The maximum absolute atomic E-state index is 13.7. The van der Waals surface area contributed by atoms with E-state index in [0.29, 0.717) is 0 Å². The van der Waals surface area contributed by atoms with Gasteiger partial charge in [0.25, 0.3) is 5.56 Å². The maximum Gasteiger partial charge on any atom is 0.459 e. The largest absolute Gasteiger partial charge is 0.465 e. The van der Waals surface area contributed by atoms with Crippen LogP contribution >= 0.6 is 23.7 Å². The number of benzene rings is 1. The summed E-state index contributed by atoms with van der Waals surface area (Å²) in [6.07, 6.45) is -1.92. The molecule has 4 atom stereocenters. The Hall–Kier alpha value is -2.35. The van der Waals surface area contributed by atoms with Gasteiger partial charge in [-0.05, 0) is 32.9 Å². The average molecular weight is 596 g/mol. The average Bonchev–Trinajstić information content (AvgIpc) is 2.80. The summed E-state index contributed by atoms with van der Waals surface area (Å²) in [5, 5.41) is 11.2. The molecule has 0 amide bonds. The zero-order valence-electron chi connectivity index (χ0n) is 19.8. The van der Waals surface area contributed by atoms with Gasteiger partial charge in [0, 0.05) is 12.3 Å². The van der Waals surface area contributed by atoms with E-state index in [9.17, 15) is 28.4 Å². The number of esters is 1. The molecule has 3 N–H and O–H groups in total. The second-order valence-electron chi connectivity index (χ2n) is 7.83. The number of ether oxygens (including phenoxy) is 2. The minimum Gasteiger partial charge on any atom is -0.465 e. The first-order valence-corrected chi connectivity index (χ1v) is 13.2. The molecule has 1 aromatic heterocycles. The molecular weight excluding hydrogens is 568 g/mol. The number of halogens is 2. The molecule has 2 rings (SSSR count). The molecule has 1 aromatic carbocycles. The van der Waals surface area contributed by atoms with Crippen molar-refractivity contribution >= 4 is 29.6 Å². The van der Waals surface area contributed by atoms with E-state index in [-0.39, 0.29) is 12.4 Å². The highest BCUT2D eigenvalue weighted by molar-refractivity contribution is 9.09. The predicted octanol–water partition coefficient (Wildman–Crippen LogP) is 2.24. The molecule has 12 nitrogen and oxygen atoms in total. The van der Waals surface area contributed by atoms with Gasteiger partial charge < -0.3 is 19.1 Å². The summed E-state index contributed by atoms with van der Waals surface area (Å²) >= 11 is 2.90. The molecule has 200 valence electrons. The number of hydrogen-bond acceptors (Lipinski definition) is 9. The van der Waals surface area contributed by atoms with Crippen molar-refractivity contribution < 1.29 is 37.4 Å². The van der Waals surface area contributed by atoms with E-state index in [2.05, 4.69) is 21.0 Å². The van der Waals surface area contributed by atoms with Crippen molar-refractivity contribution in [1.82, 2.24) is 14.6 Å². The fourth-order valence-electron chi connectivity index (χ4n) is 2.79. The van der Waals surface area contributed by atoms with E-state index < -0.39 is 61.1 Å². The van der Waals surface area contributed by atoms with Gasteiger partial charge in [0.2, 0.25) is 0 Å². The van der Waals surface area contributed by atoms with E-state index in [4.69, 9.17) is 18.5 Å². The monoisotopic (exact) mass is 595 g/mol. The summed E-state index contributed by atoms with van der Waals surface area (Å²) in [5.41, 5.74) is -3.15. The number of rotatable bonds is 14. The van der Waals surface area contributed by atoms with E-state index in [1.807, 2.05) is 4.98 Å². The van der Waals surface area contributed by atoms with E-state index in [0.717, 1.165) is 16.8 Å². The third-order valence-electron chi connectivity index (χ3n) is 4.51. The number of alkyl halides is 2. The Morgan fingerprint density at radius 3 is 2.50 bits per heavy atom. The number of aromatic nitrogens is 2. The Bertz CT molecular complexity index is 1160. The summed E-state index contributed by atoms with van der Waals surface area (Å²) in [6, 6.07) is 8.95. The van der Waals surface area contributed by atoms with Crippen LogP contribution in [0.3, 0.4) is 0 Å². The molecule has 0 aliphatic carbocycles. The van der Waals surface area contributed by atoms with Crippen molar-refractivity contribution in [3.63, 3.8) is 0 Å². The topological polar surface area (TPSA) is 158 Å². The quantitative estimate of drug-likeness (QED) is 0.168. The second-order valence-corrected chi connectivity index (χ2v) is 10.4. The molecule has 0 saturated carbocycles. The molecule has 0 aliphatic rings. The Balaban J connectivity index is 2.27. The van der Waals surface area contributed by atoms with Gasteiger partial charge >= 0.3 is 19.4 Å². The second kappa shape index (κ2) is 13.3. The van der Waals surface area contributed by atoms with Gasteiger partial charge in [-0.15, -0.1) is 0 Å². The number of hydrogen-bond donors (Lipinski definition) is 3. The number of aliphatic hydroxyl groups is 1. The first kappa shape index (κ1) is 29.9. The van der Waals surface area contributed by atoms with Crippen LogP contribution in [0.15, 0.2) is 52.2 Å². The maximum atomic E-state index is 13.7. The minimum absolute atomic E-state index is 0.0785. The van der Waals surface area contributed by atoms with Crippen molar-refractivity contribution in [3.8, 4) is 5.75 Å².